The van der Waals surface area contributed by atoms with E-state index >= 15 is 0 Å². The fourth-order valence-corrected chi connectivity index (χ4v) is 3.80. The number of nitrogens with zero attached hydrogens (tertiary/aromatic N) is 1. The second-order valence-corrected chi connectivity index (χ2v) is 7.38. The average Bonchev–Trinajstić information content (AvgIpc) is 2.68. The molecule has 0 radical (unpaired) electrons. The molecule has 0 saturated heterocycles. The Kier molecular flexibility index (Phi) is 7.11. The highest BCUT2D eigenvalue weighted by molar-refractivity contribution is 7.98. The quantitative estimate of drug-likeness (QED) is 0.645. The molecule has 27 heavy (non-hydrogen) atoms. The molecular weight excluding hydrogens is 354 g/mol. The van der Waals surface area contributed by atoms with Gasteiger partial charge in [0.15, 0.2) is 0 Å². The zero-order chi connectivity index (χ0) is 20.1. The maximum absolute atomic E-state index is 12.7. The summed E-state index contributed by atoms with van der Waals surface area (Å²) < 4.78 is 1.71. The standard InChI is InChI=1S/C21H24N2OS.CH5N/c1-13-10-16(15(3)22-19-8-6-7-9-20(19)25-5)17-12-14(2)23(4)21(24)18(17)11-13;1-2/h6-12,15,22H,1-5H3;2H2,1H3. The molecule has 2 aromatic carbocycles. The van der Waals surface area contributed by atoms with Gasteiger partial charge >= 0.3 is 0 Å². The minimum atomic E-state index is 0.0664. The van der Waals surface area contributed by atoms with Gasteiger partial charge in [-0.15, -0.1) is 11.8 Å². The van der Waals surface area contributed by atoms with Crippen LogP contribution in [0.1, 0.15) is 29.8 Å². The Hall–Kier alpha value is -2.24. The lowest BCUT2D eigenvalue weighted by molar-refractivity contribution is 0.827. The lowest BCUT2D eigenvalue weighted by Gasteiger charge is -2.21. The molecule has 0 bridgehead atoms. The van der Waals surface area contributed by atoms with Gasteiger partial charge < -0.3 is 15.6 Å². The van der Waals surface area contributed by atoms with Gasteiger partial charge in [-0.2, -0.15) is 0 Å². The molecule has 3 rings (SSSR count). The summed E-state index contributed by atoms with van der Waals surface area (Å²) in [5, 5.41) is 5.44. The molecular formula is C22H29N3OS. The molecule has 0 aliphatic carbocycles. The lowest BCUT2D eigenvalue weighted by Crippen LogP contribution is -2.20. The van der Waals surface area contributed by atoms with Crippen molar-refractivity contribution in [3.8, 4) is 0 Å². The third-order valence-corrected chi connectivity index (χ3v) is 5.51. The first-order valence-electron chi connectivity index (χ1n) is 9.00. The first-order chi connectivity index (χ1) is 12.9. The molecule has 3 N–H and O–H groups in total. The zero-order valence-corrected chi connectivity index (χ0v) is 17.8. The predicted octanol–water partition coefficient (Wildman–Crippen LogP) is 4.63. The van der Waals surface area contributed by atoms with Crippen LogP contribution in [0.2, 0.25) is 0 Å². The lowest BCUT2D eigenvalue weighted by atomic mass is 9.97. The van der Waals surface area contributed by atoms with Gasteiger partial charge in [-0.1, -0.05) is 18.2 Å². The maximum Gasteiger partial charge on any atom is 0.258 e. The Labute approximate surface area is 165 Å². The third-order valence-electron chi connectivity index (χ3n) is 4.72. The Balaban J connectivity index is 0.00000126. The van der Waals surface area contributed by atoms with Gasteiger partial charge in [-0.05, 0) is 74.9 Å². The highest BCUT2D eigenvalue weighted by atomic mass is 32.2. The van der Waals surface area contributed by atoms with Crippen molar-refractivity contribution in [1.82, 2.24) is 4.57 Å². The number of aryl methyl sites for hydroxylation is 2. The second kappa shape index (κ2) is 9.11. The molecule has 0 aliphatic rings. The maximum atomic E-state index is 12.7. The summed E-state index contributed by atoms with van der Waals surface area (Å²) in [5.41, 5.74) is 8.93. The van der Waals surface area contributed by atoms with E-state index in [4.69, 9.17) is 0 Å². The van der Waals surface area contributed by atoms with Crippen molar-refractivity contribution < 1.29 is 0 Å². The van der Waals surface area contributed by atoms with E-state index in [9.17, 15) is 4.79 Å². The highest BCUT2D eigenvalue weighted by Crippen LogP contribution is 2.31. The number of pyridine rings is 1. The average molecular weight is 384 g/mol. The van der Waals surface area contributed by atoms with Crippen LogP contribution in [0.25, 0.3) is 10.8 Å². The van der Waals surface area contributed by atoms with E-state index in [1.54, 1.807) is 16.3 Å². The number of anilines is 1. The minimum absolute atomic E-state index is 0.0664. The summed E-state index contributed by atoms with van der Waals surface area (Å²) in [6.07, 6.45) is 2.08. The van der Waals surface area contributed by atoms with Crippen LogP contribution in [0.15, 0.2) is 52.2 Å². The molecule has 1 unspecified atom stereocenters. The van der Waals surface area contributed by atoms with Gasteiger partial charge in [0.05, 0.1) is 0 Å². The van der Waals surface area contributed by atoms with E-state index in [0.717, 1.165) is 33.3 Å². The minimum Gasteiger partial charge on any atom is -0.378 e. The first kappa shape index (κ1) is 21.1. The largest absolute Gasteiger partial charge is 0.378 e. The summed E-state index contributed by atoms with van der Waals surface area (Å²) in [6.45, 7) is 6.18. The van der Waals surface area contributed by atoms with Crippen LogP contribution in [0.4, 0.5) is 5.69 Å². The topological polar surface area (TPSA) is 60.0 Å². The van der Waals surface area contributed by atoms with E-state index < -0.39 is 0 Å². The molecule has 1 atom stereocenters. The van der Waals surface area contributed by atoms with Gasteiger partial charge in [0.1, 0.15) is 0 Å². The summed E-state index contributed by atoms with van der Waals surface area (Å²) in [6, 6.07) is 14.7. The van der Waals surface area contributed by atoms with Crippen molar-refractivity contribution in [1.29, 1.82) is 0 Å². The molecule has 4 nitrogen and oxygen atoms in total. The molecule has 3 aromatic rings. The number of benzene rings is 2. The van der Waals surface area contributed by atoms with Crippen LogP contribution in [0.5, 0.6) is 0 Å². The molecule has 1 aromatic heterocycles. The molecule has 5 heteroatoms. The van der Waals surface area contributed by atoms with E-state index in [2.05, 4.69) is 54.6 Å². The Morgan fingerprint density at radius 2 is 1.74 bits per heavy atom. The Morgan fingerprint density at radius 1 is 1.07 bits per heavy atom. The van der Waals surface area contributed by atoms with Crippen LogP contribution in [0.3, 0.4) is 0 Å². The van der Waals surface area contributed by atoms with Gasteiger partial charge in [-0.3, -0.25) is 4.79 Å². The number of nitrogens with one attached hydrogen (secondary N) is 1. The fraction of sp³-hybridized carbons (Fsp3) is 0.318. The Morgan fingerprint density at radius 3 is 2.41 bits per heavy atom. The van der Waals surface area contributed by atoms with E-state index in [1.807, 2.05) is 33.0 Å². The molecule has 0 fully saturated rings. The second-order valence-electron chi connectivity index (χ2n) is 6.53. The number of rotatable bonds is 4. The summed E-state index contributed by atoms with van der Waals surface area (Å²) in [5.74, 6) is 0. The van der Waals surface area contributed by atoms with Crippen LogP contribution in [-0.4, -0.2) is 17.9 Å². The van der Waals surface area contributed by atoms with Crippen molar-refractivity contribution in [3.63, 3.8) is 0 Å². The van der Waals surface area contributed by atoms with Crippen LogP contribution < -0.4 is 16.6 Å². The van der Waals surface area contributed by atoms with Crippen LogP contribution in [-0.2, 0) is 7.05 Å². The van der Waals surface area contributed by atoms with Crippen molar-refractivity contribution in [2.45, 2.75) is 31.7 Å². The predicted molar refractivity (Wildman–Crippen MR) is 119 cm³/mol. The fourth-order valence-electron chi connectivity index (χ4n) is 3.24. The number of fused-ring (bicyclic) bond motifs is 1. The van der Waals surface area contributed by atoms with Crippen LogP contribution in [0, 0.1) is 13.8 Å². The van der Waals surface area contributed by atoms with E-state index in [0.29, 0.717) is 0 Å². The normalized spacial score (nSPS) is 11.7. The van der Waals surface area contributed by atoms with Crippen molar-refractivity contribution in [3.05, 3.63) is 69.6 Å². The molecule has 1 heterocycles. The number of hydrogen-bond donors (Lipinski definition) is 2. The molecule has 0 spiro atoms. The number of aromatic nitrogens is 1. The summed E-state index contributed by atoms with van der Waals surface area (Å²) in [4.78, 5) is 13.9. The van der Waals surface area contributed by atoms with Gasteiger partial charge in [0, 0.05) is 34.8 Å². The van der Waals surface area contributed by atoms with Crippen molar-refractivity contribution in [2.24, 2.45) is 12.8 Å². The first-order valence-corrected chi connectivity index (χ1v) is 10.2. The number of thioether (sulfide) groups is 1. The van der Waals surface area contributed by atoms with E-state index in [-0.39, 0.29) is 11.6 Å². The monoisotopic (exact) mass is 383 g/mol. The van der Waals surface area contributed by atoms with Gasteiger partial charge in [0.2, 0.25) is 0 Å². The third kappa shape index (κ3) is 4.37. The number of para-hydroxylation sites is 1. The summed E-state index contributed by atoms with van der Waals surface area (Å²) >= 11 is 1.73. The number of nitrogens with two attached hydrogens (primary N) is 1. The van der Waals surface area contributed by atoms with Crippen LogP contribution >= 0.6 is 11.8 Å². The van der Waals surface area contributed by atoms with Gasteiger partial charge in [-0.25, -0.2) is 0 Å². The molecule has 0 aliphatic heterocycles. The van der Waals surface area contributed by atoms with Crippen molar-refractivity contribution >= 4 is 28.2 Å². The summed E-state index contributed by atoms with van der Waals surface area (Å²) in [7, 11) is 3.33. The Bertz CT molecular complexity index is 995. The SMILES string of the molecule is CN.CSc1ccccc1NC(C)c1cc(C)cc2c(=O)n(C)c(C)cc12. The van der Waals surface area contributed by atoms with E-state index in [1.165, 1.54) is 11.9 Å². The number of hydrogen-bond acceptors (Lipinski definition) is 4. The van der Waals surface area contributed by atoms with Crippen molar-refractivity contribution in [2.75, 3.05) is 18.6 Å². The smallest absolute Gasteiger partial charge is 0.258 e. The molecule has 0 saturated carbocycles. The molecule has 144 valence electrons. The highest BCUT2D eigenvalue weighted by Gasteiger charge is 2.15. The van der Waals surface area contributed by atoms with Gasteiger partial charge in [0.25, 0.3) is 5.56 Å². The molecule has 0 amide bonds. The zero-order valence-electron chi connectivity index (χ0n) is 17.0.